The van der Waals surface area contributed by atoms with Crippen molar-refractivity contribution in [2.45, 2.75) is 26.3 Å². The van der Waals surface area contributed by atoms with E-state index in [1.54, 1.807) is 18.2 Å². The van der Waals surface area contributed by atoms with E-state index in [2.05, 4.69) is 15.3 Å². The van der Waals surface area contributed by atoms with Crippen LogP contribution in [0, 0.1) is 5.82 Å². The van der Waals surface area contributed by atoms with Gasteiger partial charge >= 0.3 is 0 Å². The molecule has 1 aromatic heterocycles. The molecule has 0 radical (unpaired) electrons. The van der Waals surface area contributed by atoms with Crippen molar-refractivity contribution in [2.75, 3.05) is 11.1 Å². The number of nitrogens with two attached hydrogens (primary N) is 1. The molecule has 2 aromatic rings. The van der Waals surface area contributed by atoms with Crippen molar-refractivity contribution in [3.63, 3.8) is 0 Å². The molecule has 5 heteroatoms. The Balaban J connectivity index is 2.08. The van der Waals surface area contributed by atoms with Gasteiger partial charge in [0.2, 0.25) is 0 Å². The number of aromatic nitrogens is 2. The topological polar surface area (TPSA) is 63.8 Å². The molecule has 19 heavy (non-hydrogen) atoms. The molecule has 0 amide bonds. The molecule has 0 saturated carbocycles. The van der Waals surface area contributed by atoms with Crippen LogP contribution in [0.3, 0.4) is 0 Å². The SMILES string of the molecule is CC(C)c1nc(N)cc(NCc2ccc(F)cc2)n1. The van der Waals surface area contributed by atoms with Crippen LogP contribution in [0.5, 0.6) is 0 Å². The number of benzene rings is 1. The summed E-state index contributed by atoms with van der Waals surface area (Å²) in [6.07, 6.45) is 0. The van der Waals surface area contributed by atoms with E-state index in [1.165, 1.54) is 12.1 Å². The van der Waals surface area contributed by atoms with Gasteiger partial charge in [-0.25, -0.2) is 14.4 Å². The van der Waals surface area contributed by atoms with Crippen LogP contribution in [-0.2, 0) is 6.54 Å². The smallest absolute Gasteiger partial charge is 0.135 e. The second-order valence-electron chi connectivity index (χ2n) is 4.67. The van der Waals surface area contributed by atoms with Crippen LogP contribution in [0.2, 0.25) is 0 Å². The molecule has 0 aliphatic rings. The number of anilines is 2. The Morgan fingerprint density at radius 3 is 2.53 bits per heavy atom. The first-order valence-electron chi connectivity index (χ1n) is 6.17. The van der Waals surface area contributed by atoms with Gasteiger partial charge in [-0.2, -0.15) is 0 Å². The van der Waals surface area contributed by atoms with E-state index in [-0.39, 0.29) is 11.7 Å². The number of nitrogen functional groups attached to an aromatic ring is 1. The number of rotatable bonds is 4. The van der Waals surface area contributed by atoms with Crippen LogP contribution in [0.4, 0.5) is 16.0 Å². The average molecular weight is 260 g/mol. The summed E-state index contributed by atoms with van der Waals surface area (Å²) < 4.78 is 12.8. The van der Waals surface area contributed by atoms with Gasteiger partial charge < -0.3 is 11.1 Å². The molecule has 0 aliphatic heterocycles. The van der Waals surface area contributed by atoms with Crippen molar-refractivity contribution in [3.05, 3.63) is 47.5 Å². The summed E-state index contributed by atoms with van der Waals surface area (Å²) in [4.78, 5) is 8.57. The molecule has 0 aliphatic carbocycles. The molecule has 2 rings (SSSR count). The summed E-state index contributed by atoms with van der Waals surface area (Å²) >= 11 is 0. The first-order valence-corrected chi connectivity index (χ1v) is 6.17. The van der Waals surface area contributed by atoms with Crippen LogP contribution in [0.15, 0.2) is 30.3 Å². The average Bonchev–Trinajstić information content (AvgIpc) is 2.37. The minimum absolute atomic E-state index is 0.217. The Labute approximate surface area is 111 Å². The number of nitrogens with one attached hydrogen (secondary N) is 1. The van der Waals surface area contributed by atoms with E-state index >= 15 is 0 Å². The van der Waals surface area contributed by atoms with Gasteiger partial charge in [0.05, 0.1) is 0 Å². The number of halogens is 1. The second kappa shape index (κ2) is 5.65. The fraction of sp³-hybridized carbons (Fsp3) is 0.286. The first-order chi connectivity index (χ1) is 9.04. The summed E-state index contributed by atoms with van der Waals surface area (Å²) in [5.74, 6) is 1.81. The molecular formula is C14H17FN4. The summed E-state index contributed by atoms with van der Waals surface area (Å²) in [6.45, 7) is 4.59. The minimum atomic E-state index is -0.239. The normalized spacial score (nSPS) is 10.7. The minimum Gasteiger partial charge on any atom is -0.384 e. The van der Waals surface area contributed by atoms with Crippen molar-refractivity contribution in [1.29, 1.82) is 0 Å². The largest absolute Gasteiger partial charge is 0.384 e. The van der Waals surface area contributed by atoms with Crippen LogP contribution in [0.25, 0.3) is 0 Å². The zero-order valence-electron chi connectivity index (χ0n) is 11.0. The monoisotopic (exact) mass is 260 g/mol. The number of hydrogen-bond donors (Lipinski definition) is 2. The van der Waals surface area contributed by atoms with Crippen molar-refractivity contribution < 1.29 is 4.39 Å². The molecule has 0 unspecified atom stereocenters. The van der Waals surface area contributed by atoms with E-state index in [1.807, 2.05) is 13.8 Å². The van der Waals surface area contributed by atoms with Crippen molar-refractivity contribution in [1.82, 2.24) is 9.97 Å². The van der Waals surface area contributed by atoms with Gasteiger partial charge in [0, 0.05) is 18.5 Å². The Bertz CT molecular complexity index is 552. The number of hydrogen-bond acceptors (Lipinski definition) is 4. The lowest BCUT2D eigenvalue weighted by Crippen LogP contribution is -2.07. The van der Waals surface area contributed by atoms with Gasteiger partial charge in [-0.05, 0) is 17.7 Å². The van der Waals surface area contributed by atoms with E-state index in [4.69, 9.17) is 5.73 Å². The third-order valence-corrected chi connectivity index (χ3v) is 2.67. The molecule has 3 N–H and O–H groups in total. The van der Waals surface area contributed by atoms with Crippen molar-refractivity contribution in [3.8, 4) is 0 Å². The summed E-state index contributed by atoms with van der Waals surface area (Å²) in [6, 6.07) is 8.03. The molecule has 0 bridgehead atoms. The quantitative estimate of drug-likeness (QED) is 0.887. The number of nitrogens with zero attached hydrogens (tertiary/aromatic N) is 2. The van der Waals surface area contributed by atoms with E-state index in [9.17, 15) is 4.39 Å². The zero-order chi connectivity index (χ0) is 13.8. The molecule has 1 aromatic carbocycles. The Morgan fingerprint density at radius 1 is 1.21 bits per heavy atom. The highest BCUT2D eigenvalue weighted by Gasteiger charge is 2.06. The van der Waals surface area contributed by atoms with Gasteiger partial charge in [0.1, 0.15) is 23.3 Å². The molecule has 0 fully saturated rings. The summed E-state index contributed by atoms with van der Waals surface area (Å²) in [5, 5.41) is 3.16. The zero-order valence-corrected chi connectivity index (χ0v) is 11.0. The van der Waals surface area contributed by atoms with Crippen LogP contribution in [-0.4, -0.2) is 9.97 Å². The third kappa shape index (κ3) is 3.64. The predicted octanol–water partition coefficient (Wildman–Crippen LogP) is 2.93. The van der Waals surface area contributed by atoms with E-state index in [0.29, 0.717) is 24.0 Å². The van der Waals surface area contributed by atoms with Crippen LogP contribution in [0.1, 0.15) is 31.2 Å². The van der Waals surface area contributed by atoms with Crippen molar-refractivity contribution >= 4 is 11.6 Å². The van der Waals surface area contributed by atoms with Gasteiger partial charge in [-0.3, -0.25) is 0 Å². The first kappa shape index (κ1) is 13.3. The second-order valence-corrected chi connectivity index (χ2v) is 4.67. The maximum atomic E-state index is 12.8. The van der Waals surface area contributed by atoms with Crippen molar-refractivity contribution in [2.24, 2.45) is 0 Å². The summed E-state index contributed by atoms with van der Waals surface area (Å²) in [5.41, 5.74) is 6.72. The molecule has 4 nitrogen and oxygen atoms in total. The maximum absolute atomic E-state index is 12.8. The third-order valence-electron chi connectivity index (χ3n) is 2.67. The van der Waals surface area contributed by atoms with Gasteiger partial charge in [-0.1, -0.05) is 26.0 Å². The highest BCUT2D eigenvalue weighted by Crippen LogP contribution is 2.15. The highest BCUT2D eigenvalue weighted by atomic mass is 19.1. The van der Waals surface area contributed by atoms with Gasteiger partial charge in [0.15, 0.2) is 0 Å². The molecule has 100 valence electrons. The van der Waals surface area contributed by atoms with Crippen LogP contribution < -0.4 is 11.1 Å². The van der Waals surface area contributed by atoms with E-state index < -0.39 is 0 Å². The standard InChI is InChI=1S/C14H17FN4/c1-9(2)14-18-12(16)7-13(19-14)17-8-10-3-5-11(15)6-4-10/h3-7,9H,8H2,1-2H3,(H3,16,17,18,19). The molecular weight excluding hydrogens is 243 g/mol. The fourth-order valence-electron chi connectivity index (χ4n) is 1.63. The lowest BCUT2D eigenvalue weighted by molar-refractivity contribution is 0.627. The molecule has 0 spiro atoms. The van der Waals surface area contributed by atoms with Gasteiger partial charge in [-0.15, -0.1) is 0 Å². The van der Waals surface area contributed by atoms with Gasteiger partial charge in [0.25, 0.3) is 0 Å². The Morgan fingerprint density at radius 2 is 1.89 bits per heavy atom. The lowest BCUT2D eigenvalue weighted by Gasteiger charge is -2.10. The Kier molecular flexibility index (Phi) is 3.94. The summed E-state index contributed by atoms with van der Waals surface area (Å²) in [7, 11) is 0. The molecule has 0 atom stereocenters. The fourth-order valence-corrected chi connectivity index (χ4v) is 1.63. The highest BCUT2D eigenvalue weighted by molar-refractivity contribution is 5.45. The Hall–Kier alpha value is -2.17. The van der Waals surface area contributed by atoms with Crippen LogP contribution >= 0.6 is 0 Å². The maximum Gasteiger partial charge on any atom is 0.135 e. The lowest BCUT2D eigenvalue weighted by atomic mass is 10.2. The molecule has 0 saturated heterocycles. The van der Waals surface area contributed by atoms with E-state index in [0.717, 1.165) is 5.56 Å². The predicted molar refractivity (Wildman–Crippen MR) is 74.3 cm³/mol. The molecule has 1 heterocycles.